The maximum atomic E-state index is 13.1. The van der Waals surface area contributed by atoms with Gasteiger partial charge in [-0.15, -0.1) is 0 Å². The first kappa shape index (κ1) is 19.2. The minimum absolute atomic E-state index is 0.0219. The van der Waals surface area contributed by atoms with Crippen molar-refractivity contribution in [1.82, 2.24) is 4.90 Å². The van der Waals surface area contributed by atoms with Crippen molar-refractivity contribution in [1.29, 1.82) is 0 Å². The van der Waals surface area contributed by atoms with E-state index in [0.717, 1.165) is 18.8 Å². The average Bonchev–Trinajstić information content (AvgIpc) is 3.56. The molecule has 2 aromatic carbocycles. The second-order valence-corrected chi connectivity index (χ2v) is 7.78. The highest BCUT2D eigenvalue weighted by Gasteiger charge is 2.58. The number of nitrogens with one attached hydrogen (secondary N) is 1. The largest absolute Gasteiger partial charge is 0.368 e. The zero-order valence-electron chi connectivity index (χ0n) is 16.6. The molecule has 1 heterocycles. The number of hydrogen-bond acceptors (Lipinski definition) is 4. The van der Waals surface area contributed by atoms with E-state index >= 15 is 0 Å². The Morgan fingerprint density at radius 2 is 1.48 bits per heavy atom. The zero-order valence-corrected chi connectivity index (χ0v) is 16.6. The highest BCUT2D eigenvalue weighted by atomic mass is 16.2. The Labute approximate surface area is 170 Å². The van der Waals surface area contributed by atoms with E-state index < -0.39 is 5.41 Å². The molecule has 0 atom stereocenters. The normalized spacial score (nSPS) is 17.6. The molecule has 1 aliphatic carbocycles. The van der Waals surface area contributed by atoms with Gasteiger partial charge in [0, 0.05) is 43.1 Å². The van der Waals surface area contributed by atoms with Gasteiger partial charge >= 0.3 is 0 Å². The van der Waals surface area contributed by atoms with Crippen LogP contribution in [-0.2, 0) is 9.59 Å². The fraction of sp³-hybridized carbons (Fsp3) is 0.348. The summed E-state index contributed by atoms with van der Waals surface area (Å²) in [6.07, 6.45) is 1.17. The SMILES string of the molecule is CC(=O)c1ccc(NC(=O)C2(C(=O)N3CCN(c4ccccc4)CC3)CC2)cc1. The van der Waals surface area contributed by atoms with Crippen LogP contribution in [-0.4, -0.2) is 48.7 Å². The number of rotatable bonds is 5. The molecule has 6 heteroatoms. The monoisotopic (exact) mass is 391 g/mol. The summed E-state index contributed by atoms with van der Waals surface area (Å²) < 4.78 is 0. The predicted molar refractivity (Wildman–Crippen MR) is 112 cm³/mol. The third-order valence-electron chi connectivity index (χ3n) is 5.83. The summed E-state index contributed by atoms with van der Waals surface area (Å²) in [5.41, 5.74) is 1.42. The molecule has 0 aromatic heterocycles. The van der Waals surface area contributed by atoms with Crippen LogP contribution in [0.5, 0.6) is 0 Å². The van der Waals surface area contributed by atoms with E-state index in [2.05, 4.69) is 22.3 Å². The maximum absolute atomic E-state index is 13.1. The molecular formula is C23H25N3O3. The lowest BCUT2D eigenvalue weighted by Crippen LogP contribution is -2.52. The Hall–Kier alpha value is -3.15. The minimum atomic E-state index is -0.936. The summed E-state index contributed by atoms with van der Waals surface area (Å²) >= 11 is 0. The molecular weight excluding hydrogens is 366 g/mol. The number of carbonyl (C=O) groups excluding carboxylic acids is 3. The Bertz CT molecular complexity index is 912. The molecule has 2 aromatic rings. The molecule has 0 spiro atoms. The van der Waals surface area contributed by atoms with Crippen LogP contribution < -0.4 is 10.2 Å². The van der Waals surface area contributed by atoms with E-state index in [1.807, 2.05) is 23.1 Å². The van der Waals surface area contributed by atoms with Crippen LogP contribution in [0, 0.1) is 5.41 Å². The van der Waals surface area contributed by atoms with Crippen LogP contribution in [0.4, 0.5) is 11.4 Å². The fourth-order valence-electron chi connectivity index (χ4n) is 3.81. The minimum Gasteiger partial charge on any atom is -0.368 e. The second-order valence-electron chi connectivity index (χ2n) is 7.78. The quantitative estimate of drug-likeness (QED) is 0.628. The summed E-state index contributed by atoms with van der Waals surface area (Å²) in [5, 5.41) is 2.86. The molecule has 0 bridgehead atoms. The number of hydrogen-bond donors (Lipinski definition) is 1. The molecule has 1 aliphatic heterocycles. The molecule has 1 N–H and O–H groups in total. The van der Waals surface area contributed by atoms with Crippen molar-refractivity contribution >= 4 is 29.0 Å². The van der Waals surface area contributed by atoms with Gasteiger partial charge in [0.05, 0.1) is 0 Å². The first-order chi connectivity index (χ1) is 14.0. The zero-order chi connectivity index (χ0) is 20.4. The maximum Gasteiger partial charge on any atom is 0.240 e. The number of nitrogens with zero attached hydrogens (tertiary/aromatic N) is 2. The van der Waals surface area contributed by atoms with Crippen molar-refractivity contribution in [2.75, 3.05) is 36.4 Å². The number of piperazine rings is 1. The van der Waals surface area contributed by atoms with Crippen molar-refractivity contribution < 1.29 is 14.4 Å². The van der Waals surface area contributed by atoms with Crippen molar-refractivity contribution in [2.45, 2.75) is 19.8 Å². The van der Waals surface area contributed by atoms with E-state index in [9.17, 15) is 14.4 Å². The summed E-state index contributed by atoms with van der Waals surface area (Å²) in [4.78, 5) is 41.4. The van der Waals surface area contributed by atoms with E-state index in [1.165, 1.54) is 6.92 Å². The van der Waals surface area contributed by atoms with Crippen molar-refractivity contribution in [3.8, 4) is 0 Å². The third kappa shape index (κ3) is 3.88. The number of anilines is 2. The average molecular weight is 391 g/mol. The molecule has 6 nitrogen and oxygen atoms in total. The lowest BCUT2D eigenvalue weighted by atomic mass is 10.0. The van der Waals surface area contributed by atoms with Gasteiger partial charge in [0.25, 0.3) is 0 Å². The number of benzene rings is 2. The van der Waals surface area contributed by atoms with Gasteiger partial charge in [0.1, 0.15) is 5.41 Å². The Kier molecular flexibility index (Phi) is 5.09. The van der Waals surface area contributed by atoms with E-state index in [0.29, 0.717) is 37.2 Å². The Morgan fingerprint density at radius 1 is 0.862 bits per heavy atom. The van der Waals surface area contributed by atoms with Crippen molar-refractivity contribution in [3.63, 3.8) is 0 Å². The lowest BCUT2D eigenvalue weighted by Gasteiger charge is -2.37. The summed E-state index contributed by atoms with van der Waals surface area (Å²) in [6, 6.07) is 16.9. The first-order valence-corrected chi connectivity index (χ1v) is 10.0. The van der Waals surface area contributed by atoms with Crippen LogP contribution >= 0.6 is 0 Å². The van der Waals surface area contributed by atoms with Gasteiger partial charge in [0.15, 0.2) is 5.78 Å². The molecule has 29 heavy (non-hydrogen) atoms. The van der Waals surface area contributed by atoms with Crippen molar-refractivity contribution in [3.05, 3.63) is 60.2 Å². The summed E-state index contributed by atoms with van der Waals surface area (Å²) in [5.74, 6) is -0.335. The fourth-order valence-corrected chi connectivity index (χ4v) is 3.81. The van der Waals surface area contributed by atoms with Gasteiger partial charge in [-0.2, -0.15) is 0 Å². The standard InChI is InChI=1S/C23H25N3O3/c1-17(27)18-7-9-19(10-8-18)24-21(28)23(11-12-23)22(29)26-15-13-25(14-16-26)20-5-3-2-4-6-20/h2-10H,11-16H2,1H3,(H,24,28). The number of para-hydroxylation sites is 1. The molecule has 150 valence electrons. The molecule has 0 radical (unpaired) electrons. The smallest absolute Gasteiger partial charge is 0.240 e. The highest BCUT2D eigenvalue weighted by molar-refractivity contribution is 6.13. The van der Waals surface area contributed by atoms with Gasteiger partial charge in [-0.1, -0.05) is 18.2 Å². The molecule has 2 fully saturated rings. The third-order valence-corrected chi connectivity index (χ3v) is 5.83. The number of carbonyl (C=O) groups is 3. The first-order valence-electron chi connectivity index (χ1n) is 10.0. The highest BCUT2D eigenvalue weighted by Crippen LogP contribution is 2.48. The van der Waals surface area contributed by atoms with Gasteiger partial charge in [0.2, 0.25) is 11.8 Å². The second kappa shape index (κ2) is 7.70. The van der Waals surface area contributed by atoms with Crippen LogP contribution in [0.25, 0.3) is 0 Å². The van der Waals surface area contributed by atoms with Crippen LogP contribution in [0.15, 0.2) is 54.6 Å². The lowest BCUT2D eigenvalue weighted by molar-refractivity contribution is -0.142. The van der Waals surface area contributed by atoms with E-state index in [-0.39, 0.29) is 17.6 Å². The van der Waals surface area contributed by atoms with Crippen molar-refractivity contribution in [2.24, 2.45) is 5.41 Å². The molecule has 1 saturated heterocycles. The predicted octanol–water partition coefficient (Wildman–Crippen LogP) is 2.96. The molecule has 4 rings (SSSR count). The summed E-state index contributed by atoms with van der Waals surface area (Å²) in [6.45, 7) is 4.27. The van der Waals surface area contributed by atoms with Gasteiger partial charge in [-0.05, 0) is 56.2 Å². The van der Waals surface area contributed by atoms with Crippen LogP contribution in [0.3, 0.4) is 0 Å². The molecule has 1 saturated carbocycles. The molecule has 2 amide bonds. The van der Waals surface area contributed by atoms with Crippen LogP contribution in [0.1, 0.15) is 30.1 Å². The number of Topliss-reactive ketones (excluding diaryl/α,β-unsaturated/α-hetero) is 1. The van der Waals surface area contributed by atoms with Crippen LogP contribution in [0.2, 0.25) is 0 Å². The van der Waals surface area contributed by atoms with Gasteiger partial charge < -0.3 is 15.1 Å². The van der Waals surface area contributed by atoms with E-state index in [1.54, 1.807) is 24.3 Å². The van der Waals surface area contributed by atoms with E-state index in [4.69, 9.17) is 0 Å². The van der Waals surface area contributed by atoms with Gasteiger partial charge in [-0.3, -0.25) is 14.4 Å². The number of ketones is 1. The Balaban J connectivity index is 1.37. The Morgan fingerprint density at radius 3 is 2.03 bits per heavy atom. The molecule has 2 aliphatic rings. The number of amides is 2. The molecule has 0 unspecified atom stereocenters. The van der Waals surface area contributed by atoms with Gasteiger partial charge in [-0.25, -0.2) is 0 Å². The summed E-state index contributed by atoms with van der Waals surface area (Å²) in [7, 11) is 0. The topological polar surface area (TPSA) is 69.7 Å².